The van der Waals surface area contributed by atoms with Crippen LogP contribution >= 0.6 is 0 Å². The van der Waals surface area contributed by atoms with Crippen molar-refractivity contribution < 1.29 is 26.0 Å². The molecule has 0 unspecified atom stereocenters. The Morgan fingerprint density at radius 1 is 0.966 bits per heavy atom. The first-order chi connectivity index (χ1) is 13.8. The van der Waals surface area contributed by atoms with Crippen LogP contribution in [0.15, 0.2) is 81.1 Å². The predicted octanol–water partition coefficient (Wildman–Crippen LogP) is 3.09. The Morgan fingerprint density at radius 3 is 2.28 bits per heavy atom. The lowest BCUT2D eigenvalue weighted by molar-refractivity contribution is 0.411. The van der Waals surface area contributed by atoms with Gasteiger partial charge in [0.15, 0.2) is 9.84 Å². The van der Waals surface area contributed by atoms with Crippen LogP contribution in [0.2, 0.25) is 0 Å². The molecule has 0 radical (unpaired) electrons. The molecule has 1 N–H and O–H groups in total. The van der Waals surface area contributed by atoms with Gasteiger partial charge in [-0.2, -0.15) is 0 Å². The van der Waals surface area contributed by atoms with Crippen LogP contribution in [0.1, 0.15) is 16.6 Å². The van der Waals surface area contributed by atoms with E-state index in [1.807, 2.05) is 0 Å². The lowest BCUT2D eigenvalue weighted by atomic mass is 10.2. The van der Waals surface area contributed by atoms with E-state index in [4.69, 9.17) is 9.15 Å². The summed E-state index contributed by atoms with van der Waals surface area (Å²) in [6.07, 6.45) is 1.35. The van der Waals surface area contributed by atoms with E-state index in [2.05, 4.69) is 4.72 Å². The highest BCUT2D eigenvalue weighted by Crippen LogP contribution is 2.29. The fourth-order valence-corrected chi connectivity index (χ4v) is 5.74. The third kappa shape index (κ3) is 4.52. The normalized spacial score (nSPS) is 13.2. The van der Waals surface area contributed by atoms with E-state index >= 15 is 0 Å². The molecule has 0 aliphatic rings. The molecule has 0 spiro atoms. The van der Waals surface area contributed by atoms with E-state index in [1.165, 1.54) is 43.7 Å². The maximum atomic E-state index is 13.1. The van der Waals surface area contributed by atoms with Gasteiger partial charge in [-0.25, -0.2) is 21.6 Å². The Balaban J connectivity index is 1.91. The molecule has 0 saturated carbocycles. The number of ether oxygens (including phenoxy) is 1. The summed E-state index contributed by atoms with van der Waals surface area (Å²) in [6, 6.07) is 15.3. The van der Waals surface area contributed by atoms with E-state index in [9.17, 15) is 16.8 Å². The van der Waals surface area contributed by atoms with Crippen molar-refractivity contribution in [3.63, 3.8) is 0 Å². The number of methoxy groups -OCH3 is 1. The number of aryl methyl sites for hydroxylation is 1. The minimum atomic E-state index is -3.95. The second-order valence-corrected chi connectivity index (χ2v) is 10.2. The van der Waals surface area contributed by atoms with E-state index in [0.717, 1.165) is 0 Å². The highest BCUT2D eigenvalue weighted by molar-refractivity contribution is 7.92. The predicted molar refractivity (Wildman–Crippen MR) is 108 cm³/mol. The summed E-state index contributed by atoms with van der Waals surface area (Å²) >= 11 is 0. The topological polar surface area (TPSA) is 103 Å². The summed E-state index contributed by atoms with van der Waals surface area (Å²) in [5, 5.41) is -1.21. The van der Waals surface area contributed by atoms with Crippen molar-refractivity contribution in [2.24, 2.45) is 0 Å². The summed E-state index contributed by atoms with van der Waals surface area (Å²) in [5.41, 5.74) is 0.648. The molecule has 7 nitrogen and oxygen atoms in total. The first-order valence-corrected chi connectivity index (χ1v) is 11.8. The van der Waals surface area contributed by atoms with Crippen molar-refractivity contribution >= 4 is 19.9 Å². The molecule has 0 aliphatic heterocycles. The Morgan fingerprint density at radius 2 is 1.69 bits per heavy atom. The van der Waals surface area contributed by atoms with Gasteiger partial charge in [-0.1, -0.05) is 18.2 Å². The van der Waals surface area contributed by atoms with Gasteiger partial charge in [-0.3, -0.25) is 0 Å². The second kappa shape index (κ2) is 8.40. The molecule has 3 aromatic rings. The van der Waals surface area contributed by atoms with Crippen LogP contribution in [-0.4, -0.2) is 30.5 Å². The molecule has 0 bridgehead atoms. The van der Waals surface area contributed by atoms with Crippen LogP contribution in [0.4, 0.5) is 0 Å². The molecule has 154 valence electrons. The lowest BCUT2D eigenvalue weighted by Gasteiger charge is -2.17. The standard InChI is InChI=1S/C20H21NO6S2/c1-15-13-17(10-11-18(15)26-2)29(24,25)21-14-20(19-9-6-12-27-19)28(22,23)16-7-4-3-5-8-16/h3-13,20-21H,14H2,1-2H3/t20-/m1/s1. The molecule has 2 aromatic carbocycles. The van der Waals surface area contributed by atoms with Crippen LogP contribution in [0.3, 0.4) is 0 Å². The first-order valence-electron chi connectivity index (χ1n) is 8.72. The summed E-state index contributed by atoms with van der Waals surface area (Å²) in [5.74, 6) is 0.714. The smallest absolute Gasteiger partial charge is 0.240 e. The van der Waals surface area contributed by atoms with Crippen molar-refractivity contribution in [2.45, 2.75) is 22.0 Å². The van der Waals surface area contributed by atoms with Gasteiger partial charge in [0.05, 0.1) is 23.2 Å². The van der Waals surface area contributed by atoms with Gasteiger partial charge in [-0.05, 0) is 55.0 Å². The summed E-state index contributed by atoms with van der Waals surface area (Å²) < 4.78 is 64.5. The van der Waals surface area contributed by atoms with Gasteiger partial charge in [0.25, 0.3) is 0 Å². The number of sulfonamides is 1. The lowest BCUT2D eigenvalue weighted by Crippen LogP contribution is -2.32. The number of hydrogen-bond donors (Lipinski definition) is 1. The van der Waals surface area contributed by atoms with Crippen molar-refractivity contribution in [3.8, 4) is 5.75 Å². The monoisotopic (exact) mass is 435 g/mol. The minimum Gasteiger partial charge on any atom is -0.496 e. The average Bonchev–Trinajstić information content (AvgIpc) is 3.22. The first kappa shape index (κ1) is 21.1. The number of furan rings is 1. The van der Waals surface area contributed by atoms with Crippen molar-refractivity contribution in [1.82, 2.24) is 4.72 Å². The number of sulfone groups is 1. The minimum absolute atomic E-state index is 0.0195. The molecule has 0 fully saturated rings. The van der Waals surface area contributed by atoms with Gasteiger partial charge >= 0.3 is 0 Å². The molecular weight excluding hydrogens is 414 g/mol. The van der Waals surface area contributed by atoms with Gasteiger partial charge in [0.2, 0.25) is 10.0 Å². The number of rotatable bonds is 8. The Bertz CT molecular complexity index is 1170. The molecule has 3 rings (SSSR count). The molecule has 29 heavy (non-hydrogen) atoms. The van der Waals surface area contributed by atoms with Crippen LogP contribution < -0.4 is 9.46 Å². The zero-order chi connectivity index (χ0) is 21.1. The molecule has 9 heteroatoms. The van der Waals surface area contributed by atoms with Crippen molar-refractivity contribution in [1.29, 1.82) is 0 Å². The highest BCUT2D eigenvalue weighted by atomic mass is 32.2. The van der Waals surface area contributed by atoms with Crippen molar-refractivity contribution in [2.75, 3.05) is 13.7 Å². The van der Waals surface area contributed by atoms with Crippen LogP contribution in [0.25, 0.3) is 0 Å². The zero-order valence-electron chi connectivity index (χ0n) is 15.9. The molecule has 0 aliphatic carbocycles. The van der Waals surface area contributed by atoms with Crippen molar-refractivity contribution in [3.05, 3.63) is 78.3 Å². The summed E-state index contributed by atoms with van der Waals surface area (Å²) in [4.78, 5) is 0.104. The molecule has 1 atom stereocenters. The summed E-state index contributed by atoms with van der Waals surface area (Å²) in [6.45, 7) is 1.35. The number of hydrogen-bond acceptors (Lipinski definition) is 6. The molecular formula is C20H21NO6S2. The van der Waals surface area contributed by atoms with E-state index in [-0.39, 0.29) is 22.1 Å². The highest BCUT2D eigenvalue weighted by Gasteiger charge is 2.32. The Hall–Kier alpha value is -2.62. The maximum Gasteiger partial charge on any atom is 0.240 e. The SMILES string of the molecule is COc1ccc(S(=O)(=O)NC[C@H](c2ccco2)S(=O)(=O)c2ccccc2)cc1C. The zero-order valence-corrected chi connectivity index (χ0v) is 17.5. The molecule has 1 aromatic heterocycles. The van der Waals surface area contributed by atoms with Crippen LogP contribution in [0.5, 0.6) is 5.75 Å². The van der Waals surface area contributed by atoms with Gasteiger partial charge in [0.1, 0.15) is 16.8 Å². The van der Waals surface area contributed by atoms with Crippen LogP contribution in [0, 0.1) is 6.92 Å². The van der Waals surface area contributed by atoms with E-state index in [1.54, 1.807) is 37.3 Å². The second-order valence-electron chi connectivity index (χ2n) is 6.35. The number of nitrogens with one attached hydrogen (secondary N) is 1. The molecule has 1 heterocycles. The quantitative estimate of drug-likeness (QED) is 0.583. The van der Waals surface area contributed by atoms with E-state index < -0.39 is 25.1 Å². The van der Waals surface area contributed by atoms with E-state index in [0.29, 0.717) is 11.3 Å². The molecule has 0 amide bonds. The van der Waals surface area contributed by atoms with Gasteiger partial charge < -0.3 is 9.15 Å². The average molecular weight is 436 g/mol. The fourth-order valence-electron chi connectivity index (χ4n) is 2.90. The van der Waals surface area contributed by atoms with Gasteiger partial charge in [-0.15, -0.1) is 0 Å². The third-order valence-corrected chi connectivity index (χ3v) is 7.94. The molecule has 0 saturated heterocycles. The Labute approximate surface area is 170 Å². The number of benzene rings is 2. The van der Waals surface area contributed by atoms with Crippen LogP contribution in [-0.2, 0) is 19.9 Å². The van der Waals surface area contributed by atoms with Gasteiger partial charge in [0, 0.05) is 6.54 Å². The maximum absolute atomic E-state index is 13.1. The fraction of sp³-hybridized carbons (Fsp3) is 0.200. The largest absolute Gasteiger partial charge is 0.496 e. The Kier molecular flexibility index (Phi) is 6.11. The third-order valence-electron chi connectivity index (χ3n) is 4.44. The summed E-state index contributed by atoms with van der Waals surface area (Å²) in [7, 11) is -6.34.